The van der Waals surface area contributed by atoms with E-state index in [2.05, 4.69) is 24.1 Å². The van der Waals surface area contributed by atoms with E-state index in [1.165, 1.54) is 11.8 Å². The number of benzene rings is 2. The van der Waals surface area contributed by atoms with Crippen molar-refractivity contribution >= 4 is 28.9 Å². The lowest BCUT2D eigenvalue weighted by Crippen LogP contribution is -2.37. The molecule has 2 rings (SSSR count). The zero-order valence-corrected chi connectivity index (χ0v) is 16.9. The van der Waals surface area contributed by atoms with Gasteiger partial charge in [-0.15, -0.1) is 0 Å². The number of hydrogen-bond donors (Lipinski definition) is 1. The minimum absolute atomic E-state index is 0.0151. The highest BCUT2D eigenvalue weighted by Gasteiger charge is 2.19. The predicted molar refractivity (Wildman–Crippen MR) is 113 cm³/mol. The second-order valence-electron chi connectivity index (χ2n) is 6.61. The molecule has 2 aromatic rings. The maximum atomic E-state index is 12.5. The highest BCUT2D eigenvalue weighted by molar-refractivity contribution is 6.02. The zero-order valence-electron chi connectivity index (χ0n) is 16.9. The van der Waals surface area contributed by atoms with Crippen LogP contribution in [-0.2, 0) is 9.59 Å². The molecule has 0 bridgehead atoms. The molecule has 0 aliphatic carbocycles. The second kappa shape index (κ2) is 9.21. The molecule has 5 heteroatoms. The minimum Gasteiger partial charge on any atom is -0.372 e. The van der Waals surface area contributed by atoms with Crippen molar-refractivity contribution in [1.82, 2.24) is 0 Å². The monoisotopic (exact) mass is 367 g/mol. The van der Waals surface area contributed by atoms with Crippen LogP contribution in [0.3, 0.4) is 0 Å². The molecular formula is C22H29N3O2. The molecule has 2 aromatic carbocycles. The molecule has 0 aromatic heterocycles. The van der Waals surface area contributed by atoms with Gasteiger partial charge in [0.1, 0.15) is 6.54 Å². The van der Waals surface area contributed by atoms with Gasteiger partial charge in [0, 0.05) is 31.4 Å². The number of carbonyl (C=O) groups is 2. The van der Waals surface area contributed by atoms with Crippen molar-refractivity contribution in [1.29, 1.82) is 0 Å². The summed E-state index contributed by atoms with van der Waals surface area (Å²) >= 11 is 0. The lowest BCUT2D eigenvalue weighted by molar-refractivity contribution is -0.120. The summed E-state index contributed by atoms with van der Waals surface area (Å²) in [5, 5.41) is 2.89. The van der Waals surface area contributed by atoms with E-state index in [9.17, 15) is 9.59 Å². The number of rotatable bonds is 7. The summed E-state index contributed by atoms with van der Waals surface area (Å²) in [6.45, 7) is 11.5. The first kappa shape index (κ1) is 20.5. The van der Waals surface area contributed by atoms with Gasteiger partial charge in [0.2, 0.25) is 11.8 Å². The standard InChI is InChI=1S/C22H29N3O2/c1-6-24(7-2)20-13-11-19(12-14-20)23-21(27)15-25(18(5)26)22-16(3)9-8-10-17(22)4/h8-14H,6-7,15H2,1-5H3,(H,23,27). The fourth-order valence-corrected chi connectivity index (χ4v) is 3.27. The number of aryl methyl sites for hydroxylation is 2. The van der Waals surface area contributed by atoms with Gasteiger partial charge in [-0.3, -0.25) is 9.59 Å². The van der Waals surface area contributed by atoms with Crippen LogP contribution in [0.15, 0.2) is 42.5 Å². The average molecular weight is 367 g/mol. The van der Waals surface area contributed by atoms with Crippen molar-refractivity contribution in [2.24, 2.45) is 0 Å². The van der Waals surface area contributed by atoms with Crippen molar-refractivity contribution in [3.8, 4) is 0 Å². The van der Waals surface area contributed by atoms with Crippen molar-refractivity contribution < 1.29 is 9.59 Å². The van der Waals surface area contributed by atoms with Gasteiger partial charge in [-0.1, -0.05) is 18.2 Å². The molecule has 0 aliphatic rings. The van der Waals surface area contributed by atoms with E-state index in [1.807, 2.05) is 56.3 Å². The largest absolute Gasteiger partial charge is 0.372 e. The van der Waals surface area contributed by atoms with E-state index in [0.29, 0.717) is 0 Å². The minimum atomic E-state index is -0.219. The van der Waals surface area contributed by atoms with Crippen LogP contribution in [0.1, 0.15) is 31.9 Å². The Morgan fingerprint density at radius 3 is 1.96 bits per heavy atom. The molecule has 5 nitrogen and oxygen atoms in total. The van der Waals surface area contributed by atoms with Crippen LogP contribution in [0.4, 0.5) is 17.1 Å². The van der Waals surface area contributed by atoms with Crippen LogP contribution >= 0.6 is 0 Å². The molecule has 27 heavy (non-hydrogen) atoms. The molecule has 0 aliphatic heterocycles. The van der Waals surface area contributed by atoms with Crippen molar-refractivity contribution in [3.05, 3.63) is 53.6 Å². The van der Waals surface area contributed by atoms with E-state index in [0.717, 1.165) is 41.3 Å². The van der Waals surface area contributed by atoms with E-state index >= 15 is 0 Å². The molecule has 0 atom stereocenters. The molecular weight excluding hydrogens is 338 g/mol. The van der Waals surface area contributed by atoms with Crippen molar-refractivity contribution in [2.45, 2.75) is 34.6 Å². The highest BCUT2D eigenvalue weighted by atomic mass is 16.2. The highest BCUT2D eigenvalue weighted by Crippen LogP contribution is 2.25. The molecule has 0 spiro atoms. The summed E-state index contributed by atoms with van der Waals surface area (Å²) in [5.74, 6) is -0.372. The van der Waals surface area contributed by atoms with Gasteiger partial charge < -0.3 is 15.1 Å². The van der Waals surface area contributed by atoms with E-state index in [1.54, 1.807) is 0 Å². The van der Waals surface area contributed by atoms with Gasteiger partial charge in [0.05, 0.1) is 5.69 Å². The molecule has 0 saturated heterocycles. The Morgan fingerprint density at radius 1 is 0.926 bits per heavy atom. The Morgan fingerprint density at radius 2 is 1.48 bits per heavy atom. The molecule has 0 unspecified atom stereocenters. The second-order valence-corrected chi connectivity index (χ2v) is 6.61. The molecule has 0 radical (unpaired) electrons. The summed E-state index contributed by atoms with van der Waals surface area (Å²) < 4.78 is 0. The first-order valence-electron chi connectivity index (χ1n) is 9.36. The van der Waals surface area contributed by atoms with Gasteiger partial charge in [0.25, 0.3) is 0 Å². The molecule has 1 N–H and O–H groups in total. The number of carbonyl (C=O) groups excluding carboxylic acids is 2. The molecule has 2 amide bonds. The van der Waals surface area contributed by atoms with E-state index in [-0.39, 0.29) is 18.4 Å². The van der Waals surface area contributed by atoms with Gasteiger partial charge in [-0.05, 0) is 63.1 Å². The van der Waals surface area contributed by atoms with Crippen LogP contribution in [-0.4, -0.2) is 31.4 Å². The van der Waals surface area contributed by atoms with Crippen LogP contribution in [0.25, 0.3) is 0 Å². The SMILES string of the molecule is CCN(CC)c1ccc(NC(=O)CN(C(C)=O)c2c(C)cccc2C)cc1. The average Bonchev–Trinajstić information content (AvgIpc) is 2.63. The number of nitrogens with one attached hydrogen (secondary N) is 1. The number of anilines is 3. The van der Waals surface area contributed by atoms with Crippen LogP contribution in [0, 0.1) is 13.8 Å². The maximum absolute atomic E-state index is 12.5. The van der Waals surface area contributed by atoms with Crippen LogP contribution in [0.5, 0.6) is 0 Å². The van der Waals surface area contributed by atoms with Crippen molar-refractivity contribution in [2.75, 3.05) is 34.8 Å². The number of nitrogens with zero attached hydrogens (tertiary/aromatic N) is 2. The zero-order chi connectivity index (χ0) is 20.0. The molecule has 144 valence electrons. The summed E-state index contributed by atoms with van der Waals surface area (Å²) in [6.07, 6.45) is 0. The quantitative estimate of drug-likeness (QED) is 0.800. The molecule has 0 heterocycles. The van der Waals surface area contributed by atoms with E-state index in [4.69, 9.17) is 0 Å². The maximum Gasteiger partial charge on any atom is 0.244 e. The van der Waals surface area contributed by atoms with Crippen LogP contribution in [0.2, 0.25) is 0 Å². The van der Waals surface area contributed by atoms with Gasteiger partial charge >= 0.3 is 0 Å². The summed E-state index contributed by atoms with van der Waals surface area (Å²) in [7, 11) is 0. The number of para-hydroxylation sites is 1. The summed E-state index contributed by atoms with van der Waals surface area (Å²) in [5.41, 5.74) is 4.60. The fourth-order valence-electron chi connectivity index (χ4n) is 3.27. The lowest BCUT2D eigenvalue weighted by Gasteiger charge is -2.24. The van der Waals surface area contributed by atoms with Gasteiger partial charge in [-0.2, -0.15) is 0 Å². The summed E-state index contributed by atoms with van der Waals surface area (Å²) in [4.78, 5) is 28.5. The Balaban J connectivity index is 2.12. The molecule has 0 saturated carbocycles. The van der Waals surface area contributed by atoms with Gasteiger partial charge in [0.15, 0.2) is 0 Å². The van der Waals surface area contributed by atoms with E-state index < -0.39 is 0 Å². The first-order chi connectivity index (χ1) is 12.9. The summed E-state index contributed by atoms with van der Waals surface area (Å²) in [6, 6.07) is 13.6. The smallest absolute Gasteiger partial charge is 0.244 e. The number of hydrogen-bond acceptors (Lipinski definition) is 3. The van der Waals surface area contributed by atoms with Gasteiger partial charge in [-0.25, -0.2) is 0 Å². The number of amides is 2. The predicted octanol–water partition coefficient (Wildman–Crippen LogP) is 4.14. The normalized spacial score (nSPS) is 10.4. The third kappa shape index (κ3) is 5.09. The topological polar surface area (TPSA) is 52.7 Å². The fraction of sp³-hybridized carbons (Fsp3) is 0.364. The van der Waals surface area contributed by atoms with Crippen molar-refractivity contribution in [3.63, 3.8) is 0 Å². The Labute approximate surface area is 162 Å². The lowest BCUT2D eigenvalue weighted by atomic mass is 10.1. The Bertz CT molecular complexity index is 775. The Kier molecular flexibility index (Phi) is 6.99. The van der Waals surface area contributed by atoms with Crippen LogP contribution < -0.4 is 15.1 Å². The third-order valence-electron chi connectivity index (χ3n) is 4.67. The Hall–Kier alpha value is -2.82. The first-order valence-corrected chi connectivity index (χ1v) is 9.36. The third-order valence-corrected chi connectivity index (χ3v) is 4.67. The molecule has 0 fully saturated rings.